The van der Waals surface area contributed by atoms with Crippen molar-refractivity contribution in [3.8, 4) is 5.75 Å². The maximum atomic E-state index is 6.13. The van der Waals surface area contributed by atoms with E-state index in [-0.39, 0.29) is 0 Å². The van der Waals surface area contributed by atoms with Crippen LogP contribution in [-0.4, -0.2) is 22.0 Å². The summed E-state index contributed by atoms with van der Waals surface area (Å²) in [6, 6.07) is 16.1. The molecule has 1 aromatic heterocycles. The molecule has 5 nitrogen and oxygen atoms in total. The highest BCUT2D eigenvalue weighted by Crippen LogP contribution is 2.22. The van der Waals surface area contributed by atoms with Crippen LogP contribution in [0.15, 0.2) is 58.2 Å². The number of nitrogen functional groups attached to an aromatic ring is 1. The average molecular weight is 405 g/mol. The van der Waals surface area contributed by atoms with Crippen LogP contribution in [0, 0.1) is 0 Å². The molecular weight excluding hydrogens is 388 g/mol. The Balaban J connectivity index is 1.65. The Hall–Kier alpha value is -1.99. The first kappa shape index (κ1) is 16.9. The molecule has 0 aliphatic rings. The van der Waals surface area contributed by atoms with Crippen LogP contribution in [0.4, 0.5) is 0 Å². The van der Waals surface area contributed by atoms with E-state index in [1.165, 1.54) is 5.56 Å². The highest BCUT2D eigenvalue weighted by atomic mass is 79.9. The Morgan fingerprint density at radius 3 is 2.38 bits per heavy atom. The normalized spacial score (nSPS) is 10.8. The third-order valence-corrected chi connectivity index (χ3v) is 5.08. The Morgan fingerprint density at radius 1 is 1.04 bits per heavy atom. The van der Waals surface area contributed by atoms with E-state index in [9.17, 15) is 0 Å². The smallest absolute Gasteiger partial charge is 0.210 e. The zero-order valence-electron chi connectivity index (χ0n) is 13.1. The van der Waals surface area contributed by atoms with E-state index in [4.69, 9.17) is 10.6 Å². The molecule has 3 rings (SSSR count). The molecule has 7 heteroatoms. The summed E-state index contributed by atoms with van der Waals surface area (Å²) in [6.07, 6.45) is 0.631. The molecule has 0 aliphatic carbocycles. The Labute approximate surface area is 153 Å². The van der Waals surface area contributed by atoms with Crippen molar-refractivity contribution >= 4 is 27.7 Å². The second kappa shape index (κ2) is 7.72. The fourth-order valence-electron chi connectivity index (χ4n) is 2.18. The summed E-state index contributed by atoms with van der Waals surface area (Å²) >= 11 is 5.01. The van der Waals surface area contributed by atoms with Crippen molar-refractivity contribution in [2.24, 2.45) is 0 Å². The minimum absolute atomic E-state index is 0.631. The van der Waals surface area contributed by atoms with Gasteiger partial charge in [0.1, 0.15) is 5.75 Å². The topological polar surface area (TPSA) is 66.0 Å². The number of hydrogen-bond acceptors (Lipinski definition) is 5. The second-order valence-corrected chi connectivity index (χ2v) is 7.07. The van der Waals surface area contributed by atoms with Crippen LogP contribution in [0.25, 0.3) is 0 Å². The number of methoxy groups -OCH3 is 1. The minimum atomic E-state index is 0.631. The molecule has 0 amide bonds. The van der Waals surface area contributed by atoms with Crippen molar-refractivity contribution < 1.29 is 4.74 Å². The summed E-state index contributed by atoms with van der Waals surface area (Å²) < 4.78 is 7.80. The van der Waals surface area contributed by atoms with E-state index in [1.807, 2.05) is 36.4 Å². The van der Waals surface area contributed by atoms with E-state index < -0.39 is 0 Å². The maximum Gasteiger partial charge on any atom is 0.210 e. The van der Waals surface area contributed by atoms with Gasteiger partial charge in [0.15, 0.2) is 5.82 Å². The predicted octanol–water partition coefficient (Wildman–Crippen LogP) is 3.65. The molecule has 1 heterocycles. The van der Waals surface area contributed by atoms with Gasteiger partial charge >= 0.3 is 0 Å². The Morgan fingerprint density at radius 2 is 1.71 bits per heavy atom. The number of aromatic nitrogens is 3. The molecule has 0 spiro atoms. The van der Waals surface area contributed by atoms with Gasteiger partial charge in [-0.3, -0.25) is 0 Å². The van der Waals surface area contributed by atoms with Gasteiger partial charge in [-0.15, -0.1) is 10.2 Å². The number of thioether (sulfide) groups is 1. The molecule has 0 aliphatic heterocycles. The molecule has 0 atom stereocenters. The molecule has 0 fully saturated rings. The molecule has 24 heavy (non-hydrogen) atoms. The maximum absolute atomic E-state index is 6.13. The second-order valence-electron chi connectivity index (χ2n) is 5.21. The van der Waals surface area contributed by atoms with E-state index in [1.54, 1.807) is 23.5 Å². The molecule has 0 bridgehead atoms. The molecule has 2 aromatic carbocycles. The Bertz CT molecular complexity index is 802. The van der Waals surface area contributed by atoms with Gasteiger partial charge in [-0.25, -0.2) is 4.68 Å². The highest BCUT2D eigenvalue weighted by molar-refractivity contribution is 9.10. The summed E-state index contributed by atoms with van der Waals surface area (Å²) in [5.41, 5.74) is 2.32. The molecule has 124 valence electrons. The minimum Gasteiger partial charge on any atom is -0.497 e. The summed E-state index contributed by atoms with van der Waals surface area (Å²) in [5, 5.41) is 9.11. The van der Waals surface area contributed by atoms with Crippen LogP contribution in [0.1, 0.15) is 17.0 Å². The SMILES string of the molecule is COc1ccc(Cc2nnc(SCc3ccc(Br)cc3)n2N)cc1. The lowest BCUT2D eigenvalue weighted by Crippen LogP contribution is -2.14. The number of ether oxygens (including phenoxy) is 1. The first-order valence-electron chi connectivity index (χ1n) is 7.35. The largest absolute Gasteiger partial charge is 0.497 e. The molecule has 0 unspecified atom stereocenters. The van der Waals surface area contributed by atoms with Gasteiger partial charge in [0, 0.05) is 16.6 Å². The van der Waals surface area contributed by atoms with Crippen LogP contribution >= 0.6 is 27.7 Å². The zero-order chi connectivity index (χ0) is 16.9. The zero-order valence-corrected chi connectivity index (χ0v) is 15.5. The molecule has 0 radical (unpaired) electrons. The van der Waals surface area contributed by atoms with E-state index in [0.29, 0.717) is 11.6 Å². The van der Waals surface area contributed by atoms with Crippen LogP contribution in [0.5, 0.6) is 5.75 Å². The van der Waals surface area contributed by atoms with Crippen LogP contribution in [-0.2, 0) is 12.2 Å². The monoisotopic (exact) mass is 404 g/mol. The van der Waals surface area contributed by atoms with Gasteiger partial charge in [0.25, 0.3) is 0 Å². The van der Waals surface area contributed by atoms with Gasteiger partial charge in [-0.1, -0.05) is 52.0 Å². The van der Waals surface area contributed by atoms with Gasteiger partial charge in [0.2, 0.25) is 5.16 Å². The Kier molecular flexibility index (Phi) is 5.42. The van der Waals surface area contributed by atoms with E-state index in [0.717, 1.165) is 27.4 Å². The molecular formula is C17H17BrN4OS. The molecule has 0 saturated carbocycles. The first-order chi connectivity index (χ1) is 11.7. The van der Waals surface area contributed by atoms with Crippen LogP contribution < -0.4 is 10.6 Å². The van der Waals surface area contributed by atoms with Gasteiger partial charge in [0.05, 0.1) is 7.11 Å². The van der Waals surface area contributed by atoms with Crippen LogP contribution in [0.3, 0.4) is 0 Å². The number of hydrogen-bond donors (Lipinski definition) is 1. The lowest BCUT2D eigenvalue weighted by molar-refractivity contribution is 0.414. The number of halogens is 1. The first-order valence-corrected chi connectivity index (χ1v) is 9.13. The summed E-state index contributed by atoms with van der Waals surface area (Å²) in [4.78, 5) is 0. The third kappa shape index (κ3) is 4.10. The highest BCUT2D eigenvalue weighted by Gasteiger charge is 2.11. The average Bonchev–Trinajstić information content (AvgIpc) is 2.95. The summed E-state index contributed by atoms with van der Waals surface area (Å²) in [5.74, 6) is 8.50. The lowest BCUT2D eigenvalue weighted by atomic mass is 10.1. The van der Waals surface area contributed by atoms with Gasteiger partial charge < -0.3 is 10.6 Å². The third-order valence-electron chi connectivity index (χ3n) is 3.54. The summed E-state index contributed by atoms with van der Waals surface area (Å²) in [7, 11) is 1.65. The van der Waals surface area contributed by atoms with Crippen LogP contribution in [0.2, 0.25) is 0 Å². The van der Waals surface area contributed by atoms with Crippen molar-refractivity contribution in [1.29, 1.82) is 0 Å². The predicted molar refractivity (Wildman–Crippen MR) is 99.7 cm³/mol. The standard InChI is InChI=1S/C17H17BrN4OS/c1-23-15-8-4-12(5-9-15)10-16-20-21-17(22(16)19)24-11-13-2-6-14(18)7-3-13/h2-9H,10-11,19H2,1H3. The summed E-state index contributed by atoms with van der Waals surface area (Å²) in [6.45, 7) is 0. The number of nitrogens with zero attached hydrogens (tertiary/aromatic N) is 3. The van der Waals surface area contributed by atoms with Crippen molar-refractivity contribution in [2.45, 2.75) is 17.3 Å². The van der Waals surface area contributed by atoms with Gasteiger partial charge in [-0.2, -0.15) is 0 Å². The fraction of sp³-hybridized carbons (Fsp3) is 0.176. The van der Waals surface area contributed by atoms with Gasteiger partial charge in [-0.05, 0) is 35.4 Å². The van der Waals surface area contributed by atoms with Crippen molar-refractivity contribution in [3.05, 3.63) is 70.0 Å². The molecule has 3 aromatic rings. The van der Waals surface area contributed by atoms with E-state index in [2.05, 4.69) is 38.3 Å². The fourth-order valence-corrected chi connectivity index (χ4v) is 3.28. The van der Waals surface area contributed by atoms with Crippen molar-refractivity contribution in [2.75, 3.05) is 13.0 Å². The number of nitrogens with two attached hydrogens (primary N) is 1. The van der Waals surface area contributed by atoms with E-state index >= 15 is 0 Å². The molecule has 2 N–H and O–H groups in total. The van der Waals surface area contributed by atoms with Crippen molar-refractivity contribution in [1.82, 2.24) is 14.9 Å². The number of rotatable bonds is 6. The lowest BCUT2D eigenvalue weighted by Gasteiger charge is -2.05. The van der Waals surface area contributed by atoms with Crippen molar-refractivity contribution in [3.63, 3.8) is 0 Å². The number of benzene rings is 2. The molecule has 0 saturated heterocycles. The quantitative estimate of drug-likeness (QED) is 0.501.